The van der Waals surface area contributed by atoms with Crippen molar-refractivity contribution in [1.82, 2.24) is 14.5 Å². The Morgan fingerprint density at radius 1 is 1.40 bits per heavy atom. The zero-order valence-corrected chi connectivity index (χ0v) is 11.0. The van der Waals surface area contributed by atoms with Crippen LogP contribution in [0.3, 0.4) is 0 Å². The van der Waals surface area contributed by atoms with E-state index in [4.69, 9.17) is 10.2 Å². The zero-order chi connectivity index (χ0) is 14.3. The van der Waals surface area contributed by atoms with Crippen molar-refractivity contribution in [3.63, 3.8) is 0 Å². The van der Waals surface area contributed by atoms with Crippen LogP contribution >= 0.6 is 0 Å². The van der Waals surface area contributed by atoms with Gasteiger partial charge in [0.2, 0.25) is 0 Å². The molecule has 0 atom stereocenters. The molecule has 7 heteroatoms. The van der Waals surface area contributed by atoms with E-state index in [1.165, 1.54) is 12.5 Å². The molecule has 2 amide bonds. The number of nitrogens with zero attached hydrogens (tertiary/aromatic N) is 3. The van der Waals surface area contributed by atoms with Crippen LogP contribution in [0.4, 0.5) is 0 Å². The number of hydrogen-bond donors (Lipinski definition) is 1. The van der Waals surface area contributed by atoms with E-state index < -0.39 is 5.91 Å². The molecule has 0 saturated heterocycles. The van der Waals surface area contributed by atoms with E-state index in [0.717, 1.165) is 5.56 Å². The van der Waals surface area contributed by atoms with E-state index in [-0.39, 0.29) is 5.91 Å². The molecule has 0 fully saturated rings. The average molecular weight is 274 g/mol. The summed E-state index contributed by atoms with van der Waals surface area (Å²) in [6, 6.07) is 1.75. The second-order valence-electron chi connectivity index (χ2n) is 4.74. The van der Waals surface area contributed by atoms with Gasteiger partial charge in [0, 0.05) is 18.7 Å². The van der Waals surface area contributed by atoms with Crippen LogP contribution in [0, 0.1) is 6.92 Å². The van der Waals surface area contributed by atoms with Crippen molar-refractivity contribution in [3.8, 4) is 0 Å². The Morgan fingerprint density at radius 3 is 2.85 bits per heavy atom. The molecule has 20 heavy (non-hydrogen) atoms. The molecule has 2 aromatic heterocycles. The highest BCUT2D eigenvalue weighted by atomic mass is 16.3. The van der Waals surface area contributed by atoms with Gasteiger partial charge in [0.25, 0.3) is 11.8 Å². The standard InChI is InChI=1S/C13H14N4O3/c1-8-2-5-20-11(8)13(19)16-3-4-17-9(12(14)18)6-15-10(17)7-16/h2,5-6H,3-4,7H2,1H3,(H2,14,18). The Kier molecular flexibility index (Phi) is 2.81. The molecule has 3 heterocycles. The molecule has 7 nitrogen and oxygen atoms in total. The van der Waals surface area contributed by atoms with Crippen LogP contribution in [0.1, 0.15) is 32.4 Å². The molecule has 104 valence electrons. The van der Waals surface area contributed by atoms with Crippen molar-refractivity contribution >= 4 is 11.8 Å². The monoisotopic (exact) mass is 274 g/mol. The molecule has 0 aromatic carbocycles. The minimum Gasteiger partial charge on any atom is -0.459 e. The zero-order valence-electron chi connectivity index (χ0n) is 11.0. The molecule has 0 spiro atoms. The molecule has 0 radical (unpaired) electrons. The van der Waals surface area contributed by atoms with Crippen molar-refractivity contribution in [3.05, 3.63) is 41.4 Å². The van der Waals surface area contributed by atoms with Gasteiger partial charge in [-0.25, -0.2) is 4.98 Å². The number of imidazole rings is 1. The first-order valence-electron chi connectivity index (χ1n) is 6.25. The summed E-state index contributed by atoms with van der Waals surface area (Å²) in [4.78, 5) is 29.4. The smallest absolute Gasteiger partial charge is 0.290 e. The topological polar surface area (TPSA) is 94.4 Å². The summed E-state index contributed by atoms with van der Waals surface area (Å²) in [5.74, 6) is 0.329. The SMILES string of the molecule is Cc1ccoc1C(=O)N1CCn2c(C(N)=O)cnc2C1. The number of carbonyl (C=O) groups excluding carboxylic acids is 2. The van der Waals surface area contributed by atoms with Crippen LogP contribution in [-0.2, 0) is 13.1 Å². The Balaban J connectivity index is 1.84. The molecular formula is C13H14N4O3. The lowest BCUT2D eigenvalue weighted by atomic mass is 10.2. The predicted octanol–water partition coefficient (Wildman–Crippen LogP) is 0.539. The third-order valence-electron chi connectivity index (χ3n) is 3.46. The van der Waals surface area contributed by atoms with Crippen LogP contribution in [0.2, 0.25) is 0 Å². The molecule has 0 bridgehead atoms. The van der Waals surface area contributed by atoms with E-state index in [2.05, 4.69) is 4.98 Å². The van der Waals surface area contributed by atoms with Crippen molar-refractivity contribution in [2.45, 2.75) is 20.0 Å². The Hall–Kier alpha value is -2.57. The maximum atomic E-state index is 12.3. The number of furan rings is 1. The maximum absolute atomic E-state index is 12.3. The second kappa shape index (κ2) is 4.52. The van der Waals surface area contributed by atoms with E-state index >= 15 is 0 Å². The van der Waals surface area contributed by atoms with Crippen molar-refractivity contribution in [2.75, 3.05) is 6.54 Å². The van der Waals surface area contributed by atoms with Gasteiger partial charge in [0.1, 0.15) is 11.5 Å². The Labute approximate surface area is 115 Å². The Bertz CT molecular complexity index is 686. The van der Waals surface area contributed by atoms with E-state index in [9.17, 15) is 9.59 Å². The fourth-order valence-electron chi connectivity index (χ4n) is 2.37. The summed E-state index contributed by atoms with van der Waals surface area (Å²) in [6.45, 7) is 3.15. The highest BCUT2D eigenvalue weighted by Crippen LogP contribution is 2.18. The largest absolute Gasteiger partial charge is 0.459 e. The molecular weight excluding hydrogens is 260 g/mol. The fraction of sp³-hybridized carbons (Fsp3) is 0.308. The molecule has 0 aliphatic carbocycles. The first kappa shape index (κ1) is 12.5. The summed E-state index contributed by atoms with van der Waals surface area (Å²) in [5.41, 5.74) is 6.46. The first-order valence-corrected chi connectivity index (χ1v) is 6.25. The molecule has 0 unspecified atom stereocenters. The van der Waals surface area contributed by atoms with Crippen molar-refractivity contribution < 1.29 is 14.0 Å². The minimum absolute atomic E-state index is 0.164. The predicted molar refractivity (Wildman–Crippen MR) is 68.9 cm³/mol. The van der Waals surface area contributed by atoms with Crippen LogP contribution in [0.25, 0.3) is 0 Å². The van der Waals surface area contributed by atoms with Gasteiger partial charge in [0.05, 0.1) is 19.0 Å². The fourth-order valence-corrected chi connectivity index (χ4v) is 2.37. The van der Waals surface area contributed by atoms with Gasteiger partial charge in [-0.1, -0.05) is 0 Å². The lowest BCUT2D eigenvalue weighted by Crippen LogP contribution is -2.39. The van der Waals surface area contributed by atoms with Gasteiger partial charge < -0.3 is 19.6 Å². The summed E-state index contributed by atoms with van der Waals surface area (Å²) in [5, 5.41) is 0. The van der Waals surface area contributed by atoms with Gasteiger partial charge in [-0.05, 0) is 13.0 Å². The number of fused-ring (bicyclic) bond motifs is 1. The third-order valence-corrected chi connectivity index (χ3v) is 3.46. The lowest BCUT2D eigenvalue weighted by Gasteiger charge is -2.27. The molecule has 1 aliphatic rings. The number of carbonyl (C=O) groups is 2. The number of primary amides is 1. The van der Waals surface area contributed by atoms with Crippen LogP contribution in [-0.4, -0.2) is 32.8 Å². The number of aromatic nitrogens is 2. The van der Waals surface area contributed by atoms with Gasteiger partial charge in [-0.3, -0.25) is 9.59 Å². The maximum Gasteiger partial charge on any atom is 0.290 e. The number of rotatable bonds is 2. The molecule has 1 aliphatic heterocycles. The number of nitrogens with two attached hydrogens (primary N) is 1. The van der Waals surface area contributed by atoms with E-state index in [0.29, 0.717) is 36.9 Å². The lowest BCUT2D eigenvalue weighted by molar-refractivity contribution is 0.0673. The highest BCUT2D eigenvalue weighted by Gasteiger charge is 2.27. The van der Waals surface area contributed by atoms with Crippen LogP contribution < -0.4 is 5.73 Å². The highest BCUT2D eigenvalue weighted by molar-refractivity contribution is 5.93. The van der Waals surface area contributed by atoms with Gasteiger partial charge in [-0.2, -0.15) is 0 Å². The summed E-state index contributed by atoms with van der Waals surface area (Å²) < 4.78 is 6.97. The van der Waals surface area contributed by atoms with E-state index in [1.807, 2.05) is 6.92 Å². The van der Waals surface area contributed by atoms with Crippen LogP contribution in [0.5, 0.6) is 0 Å². The van der Waals surface area contributed by atoms with E-state index in [1.54, 1.807) is 15.5 Å². The average Bonchev–Trinajstić information content (AvgIpc) is 3.02. The van der Waals surface area contributed by atoms with Crippen LogP contribution in [0.15, 0.2) is 22.9 Å². The molecule has 0 saturated carbocycles. The number of hydrogen-bond acceptors (Lipinski definition) is 4. The quantitative estimate of drug-likeness (QED) is 0.864. The molecule has 2 aromatic rings. The summed E-state index contributed by atoms with van der Waals surface area (Å²) >= 11 is 0. The van der Waals surface area contributed by atoms with Crippen molar-refractivity contribution in [1.29, 1.82) is 0 Å². The molecule has 3 rings (SSSR count). The first-order chi connectivity index (χ1) is 9.58. The third kappa shape index (κ3) is 1.87. The van der Waals surface area contributed by atoms with Gasteiger partial charge in [-0.15, -0.1) is 0 Å². The summed E-state index contributed by atoms with van der Waals surface area (Å²) in [7, 11) is 0. The summed E-state index contributed by atoms with van der Waals surface area (Å²) in [6.07, 6.45) is 2.95. The van der Waals surface area contributed by atoms with Crippen molar-refractivity contribution in [2.24, 2.45) is 5.73 Å². The number of amides is 2. The molecule has 2 N–H and O–H groups in total. The van der Waals surface area contributed by atoms with Gasteiger partial charge >= 0.3 is 0 Å². The number of aryl methyl sites for hydroxylation is 1. The minimum atomic E-state index is -0.509. The normalized spacial score (nSPS) is 14.2. The second-order valence-corrected chi connectivity index (χ2v) is 4.74. The van der Waals surface area contributed by atoms with Gasteiger partial charge in [0.15, 0.2) is 5.76 Å². The Morgan fingerprint density at radius 2 is 2.20 bits per heavy atom.